The van der Waals surface area contributed by atoms with E-state index in [1.807, 2.05) is 6.92 Å². The van der Waals surface area contributed by atoms with E-state index in [9.17, 15) is 14.7 Å². The molecule has 0 unspecified atom stereocenters. The van der Waals surface area contributed by atoms with Crippen molar-refractivity contribution in [3.63, 3.8) is 0 Å². The van der Waals surface area contributed by atoms with E-state index < -0.39 is 17.7 Å². The molecule has 0 bridgehead atoms. The van der Waals surface area contributed by atoms with Gasteiger partial charge in [-0.05, 0) is 62.0 Å². The predicted octanol–water partition coefficient (Wildman–Crippen LogP) is 4.50. The quantitative estimate of drug-likeness (QED) is 0.341. The fourth-order valence-corrected chi connectivity index (χ4v) is 4.05. The van der Waals surface area contributed by atoms with Crippen LogP contribution in [0.15, 0.2) is 54.1 Å². The van der Waals surface area contributed by atoms with Crippen molar-refractivity contribution in [2.24, 2.45) is 0 Å². The maximum absolute atomic E-state index is 13.1. The second kappa shape index (κ2) is 10.7. The number of carbonyl (C=O) groups excluding carboxylic acids is 2. The van der Waals surface area contributed by atoms with E-state index in [1.165, 1.54) is 0 Å². The van der Waals surface area contributed by atoms with Gasteiger partial charge in [-0.15, -0.1) is 0 Å². The highest BCUT2D eigenvalue weighted by molar-refractivity contribution is 6.46. The minimum Gasteiger partial charge on any atom is -0.507 e. The highest BCUT2D eigenvalue weighted by atomic mass is 35.5. The summed E-state index contributed by atoms with van der Waals surface area (Å²) in [6.07, 6.45) is 0. The van der Waals surface area contributed by atoms with Gasteiger partial charge in [0.05, 0.1) is 18.2 Å². The first kappa shape index (κ1) is 23.8. The monoisotopic (exact) mass is 456 g/mol. The third-order valence-electron chi connectivity index (χ3n) is 5.72. The number of nitrogens with zero attached hydrogens (tertiary/aromatic N) is 2. The molecular formula is C25H29ClN2O4. The first-order chi connectivity index (χ1) is 15.4. The lowest BCUT2D eigenvalue weighted by Crippen LogP contribution is -2.38. The van der Waals surface area contributed by atoms with Gasteiger partial charge in [0.25, 0.3) is 11.7 Å². The van der Waals surface area contributed by atoms with E-state index in [0.29, 0.717) is 36.0 Å². The van der Waals surface area contributed by atoms with Gasteiger partial charge in [0.2, 0.25) is 0 Å². The van der Waals surface area contributed by atoms with Crippen molar-refractivity contribution in [2.45, 2.75) is 26.8 Å². The van der Waals surface area contributed by atoms with Crippen LogP contribution in [0, 0.1) is 0 Å². The van der Waals surface area contributed by atoms with E-state index in [-0.39, 0.29) is 11.3 Å². The number of ketones is 1. The van der Waals surface area contributed by atoms with E-state index in [4.69, 9.17) is 16.3 Å². The van der Waals surface area contributed by atoms with E-state index >= 15 is 0 Å². The van der Waals surface area contributed by atoms with Gasteiger partial charge in [-0.1, -0.05) is 37.6 Å². The second-order valence-corrected chi connectivity index (χ2v) is 7.96. The Hall–Kier alpha value is -2.83. The Labute approximate surface area is 194 Å². The SMILES string of the molecule is CCOc1ccc(C(O)=C2C(=O)C(=O)N(CCN(CC)CC)[C@H]2c2ccc(Cl)cc2)cc1. The van der Waals surface area contributed by atoms with Gasteiger partial charge < -0.3 is 19.6 Å². The summed E-state index contributed by atoms with van der Waals surface area (Å²) in [5.74, 6) is -0.824. The van der Waals surface area contributed by atoms with Crippen molar-refractivity contribution in [1.82, 2.24) is 9.80 Å². The second-order valence-electron chi connectivity index (χ2n) is 7.53. The zero-order valence-corrected chi connectivity index (χ0v) is 19.4. The first-order valence-corrected chi connectivity index (χ1v) is 11.3. The molecule has 1 heterocycles. The Bertz CT molecular complexity index is 982. The molecule has 1 saturated heterocycles. The Kier molecular flexibility index (Phi) is 7.94. The molecule has 170 valence electrons. The lowest BCUT2D eigenvalue weighted by Gasteiger charge is -2.28. The van der Waals surface area contributed by atoms with E-state index in [2.05, 4.69) is 18.7 Å². The number of rotatable bonds is 9. The van der Waals surface area contributed by atoms with Crippen molar-refractivity contribution < 1.29 is 19.4 Å². The first-order valence-electron chi connectivity index (χ1n) is 10.9. The molecule has 1 fully saturated rings. The highest BCUT2D eigenvalue weighted by Gasteiger charge is 2.45. The molecule has 2 aromatic rings. The number of hydrogen-bond acceptors (Lipinski definition) is 5. The van der Waals surface area contributed by atoms with Crippen LogP contribution < -0.4 is 4.74 Å². The Morgan fingerprint density at radius 1 is 1.03 bits per heavy atom. The van der Waals surface area contributed by atoms with Crippen LogP contribution in [0.3, 0.4) is 0 Å². The van der Waals surface area contributed by atoms with E-state index in [0.717, 1.165) is 18.7 Å². The summed E-state index contributed by atoms with van der Waals surface area (Å²) in [4.78, 5) is 29.8. The zero-order valence-electron chi connectivity index (χ0n) is 18.7. The Morgan fingerprint density at radius 2 is 1.66 bits per heavy atom. The van der Waals surface area contributed by atoms with Crippen molar-refractivity contribution >= 4 is 29.1 Å². The Morgan fingerprint density at radius 3 is 2.22 bits per heavy atom. The summed E-state index contributed by atoms with van der Waals surface area (Å²) < 4.78 is 5.45. The molecule has 7 heteroatoms. The molecule has 1 aliphatic heterocycles. The van der Waals surface area contributed by atoms with Crippen molar-refractivity contribution in [1.29, 1.82) is 0 Å². The molecule has 2 aromatic carbocycles. The molecule has 6 nitrogen and oxygen atoms in total. The Balaban J connectivity index is 2.05. The summed E-state index contributed by atoms with van der Waals surface area (Å²) in [5.41, 5.74) is 1.26. The van der Waals surface area contributed by atoms with Crippen LogP contribution in [0.2, 0.25) is 5.02 Å². The fourth-order valence-electron chi connectivity index (χ4n) is 3.92. The average Bonchev–Trinajstić information content (AvgIpc) is 3.05. The van der Waals surface area contributed by atoms with Gasteiger partial charge in [0, 0.05) is 23.7 Å². The summed E-state index contributed by atoms with van der Waals surface area (Å²) in [7, 11) is 0. The number of likely N-dealkylation sites (tertiary alicyclic amines) is 1. The van der Waals surface area contributed by atoms with Gasteiger partial charge >= 0.3 is 0 Å². The third-order valence-corrected chi connectivity index (χ3v) is 5.97. The van der Waals surface area contributed by atoms with Crippen molar-refractivity contribution in [3.05, 3.63) is 70.3 Å². The number of hydrogen-bond donors (Lipinski definition) is 1. The molecular weight excluding hydrogens is 428 g/mol. The molecule has 0 spiro atoms. The summed E-state index contributed by atoms with van der Waals surface area (Å²) in [6, 6.07) is 13.2. The summed E-state index contributed by atoms with van der Waals surface area (Å²) >= 11 is 6.06. The van der Waals surface area contributed by atoms with Crippen LogP contribution in [0.25, 0.3) is 5.76 Å². The largest absolute Gasteiger partial charge is 0.507 e. The van der Waals surface area contributed by atoms with Gasteiger partial charge in [0.15, 0.2) is 0 Å². The van der Waals surface area contributed by atoms with Gasteiger partial charge in [0.1, 0.15) is 11.5 Å². The minimum atomic E-state index is -0.686. The predicted molar refractivity (Wildman–Crippen MR) is 126 cm³/mol. The van der Waals surface area contributed by atoms with Crippen molar-refractivity contribution in [2.75, 3.05) is 32.8 Å². The molecule has 0 aromatic heterocycles. The number of likely N-dealkylation sites (N-methyl/N-ethyl adjacent to an activating group) is 1. The van der Waals surface area contributed by atoms with Gasteiger partial charge in [-0.3, -0.25) is 9.59 Å². The van der Waals surface area contributed by atoms with Crippen LogP contribution in [0.4, 0.5) is 0 Å². The zero-order chi connectivity index (χ0) is 23.3. The lowest BCUT2D eigenvalue weighted by molar-refractivity contribution is -0.140. The number of aliphatic hydroxyl groups excluding tert-OH is 1. The smallest absolute Gasteiger partial charge is 0.295 e. The highest BCUT2D eigenvalue weighted by Crippen LogP contribution is 2.39. The number of benzene rings is 2. The number of halogens is 1. The number of Topliss-reactive ketones (excluding diaryl/α,β-unsaturated/α-hetero) is 1. The molecule has 3 rings (SSSR count). The maximum atomic E-state index is 13.1. The standard InChI is InChI=1S/C25H29ClN2O4/c1-4-27(5-2)15-16-28-22(17-7-11-19(26)12-8-17)21(24(30)25(28)31)23(29)18-9-13-20(14-10-18)32-6-3/h7-14,22,29H,4-6,15-16H2,1-3H3/t22-/m0/s1. The van der Waals surface area contributed by atoms with Gasteiger partial charge in [-0.25, -0.2) is 0 Å². The molecule has 0 aliphatic carbocycles. The average molecular weight is 457 g/mol. The number of ether oxygens (including phenoxy) is 1. The number of amides is 1. The van der Waals surface area contributed by atoms with Crippen LogP contribution in [0.1, 0.15) is 37.9 Å². The summed E-state index contributed by atoms with van der Waals surface area (Å²) in [5, 5.41) is 11.7. The van der Waals surface area contributed by atoms with Gasteiger partial charge in [-0.2, -0.15) is 0 Å². The van der Waals surface area contributed by atoms with Crippen LogP contribution in [-0.2, 0) is 9.59 Å². The summed E-state index contributed by atoms with van der Waals surface area (Å²) in [6.45, 7) is 9.23. The topological polar surface area (TPSA) is 70.1 Å². The molecule has 1 atom stereocenters. The lowest BCUT2D eigenvalue weighted by atomic mass is 9.95. The van der Waals surface area contributed by atoms with E-state index in [1.54, 1.807) is 53.4 Å². The van der Waals surface area contributed by atoms with Crippen LogP contribution >= 0.6 is 11.6 Å². The molecule has 32 heavy (non-hydrogen) atoms. The fraction of sp³-hybridized carbons (Fsp3) is 0.360. The van der Waals surface area contributed by atoms with Crippen LogP contribution in [-0.4, -0.2) is 59.4 Å². The molecule has 0 saturated carbocycles. The normalized spacial score (nSPS) is 17.9. The number of carbonyl (C=O) groups is 2. The third kappa shape index (κ3) is 4.97. The molecule has 1 amide bonds. The molecule has 1 aliphatic rings. The minimum absolute atomic E-state index is 0.0843. The van der Waals surface area contributed by atoms with Crippen molar-refractivity contribution in [3.8, 4) is 5.75 Å². The maximum Gasteiger partial charge on any atom is 0.295 e. The number of aliphatic hydroxyl groups is 1. The molecule has 0 radical (unpaired) electrons. The van der Waals surface area contributed by atoms with Crippen LogP contribution in [0.5, 0.6) is 5.75 Å². The molecule has 1 N–H and O–H groups in total.